The second-order valence-corrected chi connectivity index (χ2v) is 5.41. The Kier molecular flexibility index (Phi) is 4.44. The van der Waals surface area contributed by atoms with Crippen LogP contribution in [0.15, 0.2) is 41.0 Å². The zero-order valence-electron chi connectivity index (χ0n) is 12.5. The summed E-state index contributed by atoms with van der Waals surface area (Å²) in [4.78, 5) is 12.1. The number of carbonyl (C=O) groups is 1. The third-order valence-corrected chi connectivity index (χ3v) is 3.73. The van der Waals surface area contributed by atoms with Crippen molar-refractivity contribution in [1.29, 1.82) is 0 Å². The number of nitrogens with one attached hydrogen (secondary N) is 1. The lowest BCUT2D eigenvalue weighted by atomic mass is 10.1. The van der Waals surface area contributed by atoms with Gasteiger partial charge < -0.3 is 19.2 Å². The Bertz CT molecular complexity index is 626. The number of carbonyl (C=O) groups excluding carboxylic acids is 1. The van der Waals surface area contributed by atoms with Crippen molar-refractivity contribution in [3.8, 4) is 5.75 Å². The first-order chi connectivity index (χ1) is 10.7. The van der Waals surface area contributed by atoms with Gasteiger partial charge in [-0.1, -0.05) is 0 Å². The normalized spacial score (nSPS) is 17.4. The maximum absolute atomic E-state index is 12.1. The lowest BCUT2D eigenvalue weighted by Crippen LogP contribution is -2.13. The molecule has 3 rings (SSSR count). The highest BCUT2D eigenvalue weighted by Gasteiger charge is 2.16. The van der Waals surface area contributed by atoms with Gasteiger partial charge in [0.1, 0.15) is 11.5 Å². The number of hydrogen-bond acceptors (Lipinski definition) is 4. The summed E-state index contributed by atoms with van der Waals surface area (Å²) in [7, 11) is 0. The maximum atomic E-state index is 12.1. The quantitative estimate of drug-likeness (QED) is 0.921. The summed E-state index contributed by atoms with van der Waals surface area (Å²) in [5.41, 5.74) is 1.27. The summed E-state index contributed by atoms with van der Waals surface area (Å²) in [6.45, 7) is 4.03. The predicted octanol–water partition coefficient (Wildman–Crippen LogP) is 3.26. The molecule has 1 atom stereocenters. The van der Waals surface area contributed by atoms with Crippen LogP contribution >= 0.6 is 0 Å². The largest absolute Gasteiger partial charge is 0.493 e. The van der Waals surface area contributed by atoms with Crippen LogP contribution in [0.1, 0.15) is 22.5 Å². The van der Waals surface area contributed by atoms with E-state index >= 15 is 0 Å². The minimum absolute atomic E-state index is 0.178. The number of amides is 1. The molecule has 2 heterocycles. The van der Waals surface area contributed by atoms with Crippen molar-refractivity contribution >= 4 is 11.6 Å². The van der Waals surface area contributed by atoms with Gasteiger partial charge in [-0.3, -0.25) is 4.79 Å². The van der Waals surface area contributed by atoms with E-state index in [9.17, 15) is 4.79 Å². The zero-order valence-corrected chi connectivity index (χ0v) is 12.5. The van der Waals surface area contributed by atoms with Crippen LogP contribution in [0.3, 0.4) is 0 Å². The third kappa shape index (κ3) is 3.49. The molecule has 22 heavy (non-hydrogen) atoms. The first-order valence-corrected chi connectivity index (χ1v) is 7.38. The van der Waals surface area contributed by atoms with E-state index in [1.165, 1.54) is 6.26 Å². The van der Waals surface area contributed by atoms with Crippen LogP contribution in [0.2, 0.25) is 0 Å². The van der Waals surface area contributed by atoms with Crippen LogP contribution in [0.4, 0.5) is 5.69 Å². The third-order valence-electron chi connectivity index (χ3n) is 3.73. The predicted molar refractivity (Wildman–Crippen MR) is 82.3 cm³/mol. The number of benzene rings is 1. The summed E-state index contributed by atoms with van der Waals surface area (Å²) in [6, 6.07) is 9.02. The van der Waals surface area contributed by atoms with Crippen LogP contribution in [-0.4, -0.2) is 25.7 Å². The monoisotopic (exact) mass is 301 g/mol. The van der Waals surface area contributed by atoms with Crippen molar-refractivity contribution in [2.24, 2.45) is 5.92 Å². The average Bonchev–Trinajstić information content (AvgIpc) is 3.18. The topological polar surface area (TPSA) is 60.7 Å². The molecule has 1 aromatic heterocycles. The highest BCUT2D eigenvalue weighted by atomic mass is 16.5. The molecule has 1 amide bonds. The molecule has 1 aromatic carbocycles. The molecule has 5 nitrogen and oxygen atoms in total. The molecule has 5 heteroatoms. The van der Waals surface area contributed by atoms with Gasteiger partial charge in [0, 0.05) is 18.2 Å². The SMILES string of the molecule is Cc1occc1C(=O)Nc1ccc(OCC2CCOC2)cc1. The van der Waals surface area contributed by atoms with Crippen LogP contribution < -0.4 is 10.1 Å². The van der Waals surface area contributed by atoms with E-state index in [-0.39, 0.29) is 5.91 Å². The van der Waals surface area contributed by atoms with Crippen LogP contribution in [-0.2, 0) is 4.74 Å². The first-order valence-electron chi connectivity index (χ1n) is 7.38. The fourth-order valence-corrected chi connectivity index (χ4v) is 2.38. The molecule has 1 fully saturated rings. The number of anilines is 1. The zero-order chi connectivity index (χ0) is 15.4. The summed E-state index contributed by atoms with van der Waals surface area (Å²) in [6.07, 6.45) is 2.56. The van der Waals surface area contributed by atoms with Crippen molar-refractivity contribution in [3.63, 3.8) is 0 Å². The highest BCUT2D eigenvalue weighted by molar-refractivity contribution is 6.04. The molecular formula is C17H19NO4. The lowest BCUT2D eigenvalue weighted by molar-refractivity contribution is 0.102. The number of hydrogen-bond donors (Lipinski definition) is 1. The van der Waals surface area contributed by atoms with Gasteiger partial charge in [0.25, 0.3) is 5.91 Å². The smallest absolute Gasteiger partial charge is 0.259 e. The van der Waals surface area contributed by atoms with E-state index in [0.29, 0.717) is 23.8 Å². The summed E-state index contributed by atoms with van der Waals surface area (Å²) in [5.74, 6) is 1.70. The van der Waals surface area contributed by atoms with E-state index in [1.54, 1.807) is 13.0 Å². The van der Waals surface area contributed by atoms with Gasteiger partial charge in [0.2, 0.25) is 0 Å². The van der Waals surface area contributed by atoms with Crippen LogP contribution in [0.25, 0.3) is 0 Å². The van der Waals surface area contributed by atoms with E-state index in [2.05, 4.69) is 5.32 Å². The molecule has 1 saturated heterocycles. The van der Waals surface area contributed by atoms with Crippen LogP contribution in [0, 0.1) is 12.8 Å². The molecule has 0 spiro atoms. The summed E-state index contributed by atoms with van der Waals surface area (Å²) in [5, 5.41) is 2.84. The molecule has 1 unspecified atom stereocenters. The Morgan fingerprint density at radius 2 is 2.14 bits per heavy atom. The molecule has 1 aliphatic rings. The number of aryl methyl sites for hydroxylation is 1. The van der Waals surface area contributed by atoms with Gasteiger partial charge in [0.05, 0.1) is 25.0 Å². The molecule has 1 N–H and O–H groups in total. The summed E-state index contributed by atoms with van der Waals surface area (Å²) >= 11 is 0. The average molecular weight is 301 g/mol. The standard InChI is InChI=1S/C17H19NO4/c1-12-16(7-9-21-12)17(19)18-14-2-4-15(5-3-14)22-11-13-6-8-20-10-13/h2-5,7,9,13H,6,8,10-11H2,1H3,(H,18,19). The summed E-state index contributed by atoms with van der Waals surface area (Å²) < 4.78 is 16.2. The minimum atomic E-state index is -0.178. The molecule has 0 saturated carbocycles. The lowest BCUT2D eigenvalue weighted by Gasteiger charge is -2.11. The second kappa shape index (κ2) is 6.66. The van der Waals surface area contributed by atoms with E-state index in [0.717, 1.165) is 31.1 Å². The van der Waals surface area contributed by atoms with Crippen molar-refractivity contribution < 1.29 is 18.7 Å². The van der Waals surface area contributed by atoms with E-state index < -0.39 is 0 Å². The van der Waals surface area contributed by atoms with Gasteiger partial charge in [-0.2, -0.15) is 0 Å². The Balaban J connectivity index is 1.54. The van der Waals surface area contributed by atoms with Crippen molar-refractivity contribution in [2.45, 2.75) is 13.3 Å². The highest BCUT2D eigenvalue weighted by Crippen LogP contribution is 2.20. The van der Waals surface area contributed by atoms with Gasteiger partial charge in [-0.05, 0) is 43.7 Å². The molecule has 0 radical (unpaired) electrons. The van der Waals surface area contributed by atoms with Crippen molar-refractivity contribution in [1.82, 2.24) is 0 Å². The van der Waals surface area contributed by atoms with Crippen LogP contribution in [0.5, 0.6) is 5.75 Å². The Labute approximate surface area is 129 Å². The van der Waals surface area contributed by atoms with Crippen molar-refractivity contribution in [2.75, 3.05) is 25.1 Å². The molecule has 2 aromatic rings. The number of furan rings is 1. The fraction of sp³-hybridized carbons (Fsp3) is 0.353. The maximum Gasteiger partial charge on any atom is 0.259 e. The second-order valence-electron chi connectivity index (χ2n) is 5.41. The Hall–Kier alpha value is -2.27. The van der Waals surface area contributed by atoms with E-state index in [1.807, 2.05) is 24.3 Å². The molecule has 0 aliphatic carbocycles. The molecule has 0 bridgehead atoms. The Morgan fingerprint density at radius 3 is 2.77 bits per heavy atom. The number of ether oxygens (including phenoxy) is 2. The van der Waals surface area contributed by atoms with Crippen molar-refractivity contribution in [3.05, 3.63) is 47.9 Å². The van der Waals surface area contributed by atoms with E-state index in [4.69, 9.17) is 13.9 Å². The fourth-order valence-electron chi connectivity index (χ4n) is 2.38. The van der Waals surface area contributed by atoms with Gasteiger partial charge in [0.15, 0.2) is 0 Å². The molecule has 1 aliphatic heterocycles. The first kappa shape index (κ1) is 14.7. The van der Waals surface area contributed by atoms with Gasteiger partial charge in [-0.25, -0.2) is 0 Å². The number of rotatable bonds is 5. The van der Waals surface area contributed by atoms with Gasteiger partial charge in [-0.15, -0.1) is 0 Å². The Morgan fingerprint density at radius 1 is 1.32 bits per heavy atom. The molecule has 116 valence electrons. The van der Waals surface area contributed by atoms with Gasteiger partial charge >= 0.3 is 0 Å². The minimum Gasteiger partial charge on any atom is -0.493 e. The molecular weight excluding hydrogens is 282 g/mol.